The van der Waals surface area contributed by atoms with Gasteiger partial charge in [-0.3, -0.25) is 4.79 Å². The maximum Gasteiger partial charge on any atom is 0.225 e. The average molecular weight is 312 g/mol. The van der Waals surface area contributed by atoms with Crippen LogP contribution < -0.4 is 10.6 Å². The molecule has 0 bridgehead atoms. The number of rotatable bonds is 5. The predicted molar refractivity (Wildman–Crippen MR) is 84.7 cm³/mol. The van der Waals surface area contributed by atoms with Crippen LogP contribution in [0, 0.1) is 0 Å². The highest BCUT2D eigenvalue weighted by atomic mass is 35.5. The summed E-state index contributed by atoms with van der Waals surface area (Å²) < 4.78 is 5.17. The van der Waals surface area contributed by atoms with Crippen molar-refractivity contribution < 1.29 is 9.53 Å². The highest BCUT2D eigenvalue weighted by molar-refractivity contribution is 6.33. The van der Waals surface area contributed by atoms with Crippen molar-refractivity contribution in [3.05, 3.63) is 29.3 Å². The van der Waals surface area contributed by atoms with Crippen molar-refractivity contribution in [1.82, 2.24) is 4.90 Å². The second kappa shape index (κ2) is 7.64. The van der Waals surface area contributed by atoms with Crippen LogP contribution in [0.4, 0.5) is 5.69 Å². The van der Waals surface area contributed by atoms with E-state index in [0.717, 1.165) is 23.8 Å². The van der Waals surface area contributed by atoms with Gasteiger partial charge in [-0.25, -0.2) is 0 Å². The van der Waals surface area contributed by atoms with Gasteiger partial charge in [-0.15, -0.1) is 0 Å². The molecule has 2 N–H and O–H groups in total. The molecule has 1 aromatic rings. The number of anilines is 1. The van der Waals surface area contributed by atoms with Crippen molar-refractivity contribution in [2.24, 2.45) is 5.73 Å². The van der Waals surface area contributed by atoms with Gasteiger partial charge < -0.3 is 20.3 Å². The Morgan fingerprint density at radius 2 is 2.00 bits per heavy atom. The summed E-state index contributed by atoms with van der Waals surface area (Å²) >= 11 is 6.21. The number of carbonyl (C=O) groups excluding carboxylic acids is 1. The third-order valence-corrected chi connectivity index (χ3v) is 4.14. The molecule has 1 heterocycles. The van der Waals surface area contributed by atoms with Crippen LogP contribution in [0.5, 0.6) is 0 Å². The third kappa shape index (κ3) is 4.09. The minimum Gasteiger partial charge on any atom is -0.380 e. The zero-order valence-corrected chi connectivity index (χ0v) is 13.1. The zero-order valence-electron chi connectivity index (χ0n) is 12.3. The lowest BCUT2D eigenvalue weighted by Crippen LogP contribution is -2.49. The highest BCUT2D eigenvalue weighted by Crippen LogP contribution is 2.26. The van der Waals surface area contributed by atoms with Crippen LogP contribution in [-0.2, 0) is 9.53 Å². The van der Waals surface area contributed by atoms with E-state index in [0.29, 0.717) is 26.1 Å². The first-order valence-electron chi connectivity index (χ1n) is 7.15. The van der Waals surface area contributed by atoms with E-state index >= 15 is 0 Å². The van der Waals surface area contributed by atoms with Gasteiger partial charge in [-0.1, -0.05) is 23.7 Å². The monoisotopic (exact) mass is 311 g/mol. The van der Waals surface area contributed by atoms with Gasteiger partial charge in [-0.2, -0.15) is 0 Å². The Balaban J connectivity index is 1.88. The highest BCUT2D eigenvalue weighted by Gasteiger charge is 2.23. The number of nitrogens with two attached hydrogens (primary N) is 1. The number of methoxy groups -OCH3 is 1. The van der Waals surface area contributed by atoms with Crippen molar-refractivity contribution >= 4 is 23.2 Å². The van der Waals surface area contributed by atoms with Gasteiger partial charge >= 0.3 is 0 Å². The van der Waals surface area contributed by atoms with Gasteiger partial charge in [0.2, 0.25) is 5.91 Å². The Bertz CT molecular complexity index is 472. The smallest absolute Gasteiger partial charge is 0.225 e. The number of nitrogens with zero attached hydrogens (tertiary/aromatic N) is 2. The van der Waals surface area contributed by atoms with Crippen molar-refractivity contribution in [3.8, 4) is 0 Å². The number of hydrogen-bond acceptors (Lipinski definition) is 4. The second-order valence-corrected chi connectivity index (χ2v) is 5.52. The number of para-hydroxylation sites is 1. The molecule has 0 aliphatic carbocycles. The van der Waals surface area contributed by atoms with E-state index < -0.39 is 0 Å². The lowest BCUT2D eigenvalue weighted by Gasteiger charge is -2.37. The summed E-state index contributed by atoms with van der Waals surface area (Å²) in [4.78, 5) is 16.3. The van der Waals surface area contributed by atoms with Gasteiger partial charge in [-0.05, 0) is 12.1 Å². The molecule has 0 saturated carbocycles. The fraction of sp³-hybridized carbons (Fsp3) is 0.533. The van der Waals surface area contributed by atoms with Crippen LogP contribution >= 0.6 is 11.6 Å². The Morgan fingerprint density at radius 3 is 2.57 bits per heavy atom. The van der Waals surface area contributed by atoms with Crippen molar-refractivity contribution in [1.29, 1.82) is 0 Å². The molecule has 5 nitrogen and oxygen atoms in total. The number of halogens is 1. The molecular weight excluding hydrogens is 290 g/mol. The molecular formula is C15H22ClN3O2. The second-order valence-electron chi connectivity index (χ2n) is 5.12. The third-order valence-electron chi connectivity index (χ3n) is 3.82. The molecule has 1 aliphatic rings. The van der Waals surface area contributed by atoms with Gasteiger partial charge in [0.05, 0.1) is 23.2 Å². The number of carbonyl (C=O) groups is 1. The van der Waals surface area contributed by atoms with E-state index in [-0.39, 0.29) is 12.0 Å². The molecule has 0 aromatic heterocycles. The molecule has 1 aromatic carbocycles. The number of hydrogen-bond donors (Lipinski definition) is 1. The first-order valence-corrected chi connectivity index (χ1v) is 7.53. The van der Waals surface area contributed by atoms with Crippen molar-refractivity contribution in [3.63, 3.8) is 0 Å². The summed E-state index contributed by atoms with van der Waals surface area (Å²) in [5.41, 5.74) is 6.59. The molecule has 0 radical (unpaired) electrons. The van der Waals surface area contributed by atoms with Crippen LogP contribution in [0.2, 0.25) is 5.02 Å². The van der Waals surface area contributed by atoms with Gasteiger partial charge in [0, 0.05) is 39.8 Å². The number of benzene rings is 1. The number of piperazine rings is 1. The zero-order chi connectivity index (χ0) is 15.2. The van der Waals surface area contributed by atoms with E-state index in [1.54, 1.807) is 7.11 Å². The molecule has 6 heteroatoms. The van der Waals surface area contributed by atoms with Crippen LogP contribution in [0.15, 0.2) is 24.3 Å². The first kappa shape index (κ1) is 16.1. The fourth-order valence-corrected chi connectivity index (χ4v) is 2.75. The number of ether oxygens (including phenoxy) is 1. The summed E-state index contributed by atoms with van der Waals surface area (Å²) in [5, 5.41) is 0.750. The Labute approximate surface area is 130 Å². The normalized spacial score (nSPS) is 16.9. The summed E-state index contributed by atoms with van der Waals surface area (Å²) in [6.07, 6.45) is 0.151. The van der Waals surface area contributed by atoms with E-state index in [1.807, 2.05) is 29.2 Å². The van der Waals surface area contributed by atoms with E-state index in [9.17, 15) is 4.79 Å². The summed E-state index contributed by atoms with van der Waals surface area (Å²) in [7, 11) is 1.58. The van der Waals surface area contributed by atoms with Gasteiger partial charge in [0.25, 0.3) is 0 Å². The first-order chi connectivity index (χ1) is 10.2. The predicted octanol–water partition coefficient (Wildman–Crippen LogP) is 1.35. The average Bonchev–Trinajstić information content (AvgIpc) is 2.53. The lowest BCUT2D eigenvalue weighted by molar-refractivity contribution is -0.133. The van der Waals surface area contributed by atoms with E-state index in [2.05, 4.69) is 4.90 Å². The molecule has 1 unspecified atom stereocenters. The van der Waals surface area contributed by atoms with Gasteiger partial charge in [0.1, 0.15) is 0 Å². The molecule has 116 valence electrons. The molecule has 1 saturated heterocycles. The quantitative estimate of drug-likeness (QED) is 0.892. The molecule has 0 spiro atoms. The van der Waals surface area contributed by atoms with Crippen LogP contribution in [0.1, 0.15) is 6.42 Å². The minimum atomic E-state index is -0.195. The Hall–Kier alpha value is -1.30. The maximum atomic E-state index is 12.2. The molecule has 1 fully saturated rings. The topological polar surface area (TPSA) is 58.8 Å². The van der Waals surface area contributed by atoms with Crippen molar-refractivity contribution in [2.75, 3.05) is 44.7 Å². The molecule has 1 atom stereocenters. The molecule has 1 amide bonds. The Kier molecular flexibility index (Phi) is 5.85. The standard InChI is InChI=1S/C15H22ClN3O2/c1-21-12(11-17)10-15(20)19-8-6-18(7-9-19)14-5-3-2-4-13(14)16/h2-5,12H,6-11,17H2,1H3. The number of amides is 1. The summed E-state index contributed by atoms with van der Waals surface area (Å²) in [6, 6.07) is 7.79. The van der Waals surface area contributed by atoms with Crippen LogP contribution in [-0.4, -0.2) is 56.7 Å². The maximum absolute atomic E-state index is 12.2. The van der Waals surface area contributed by atoms with Crippen LogP contribution in [0.3, 0.4) is 0 Å². The lowest BCUT2D eigenvalue weighted by atomic mass is 10.2. The van der Waals surface area contributed by atoms with E-state index in [4.69, 9.17) is 22.1 Å². The fourth-order valence-electron chi connectivity index (χ4n) is 2.49. The van der Waals surface area contributed by atoms with Crippen LogP contribution in [0.25, 0.3) is 0 Å². The SMILES string of the molecule is COC(CN)CC(=O)N1CCN(c2ccccc2Cl)CC1. The minimum absolute atomic E-state index is 0.103. The molecule has 21 heavy (non-hydrogen) atoms. The Morgan fingerprint density at radius 1 is 1.33 bits per heavy atom. The summed E-state index contributed by atoms with van der Waals surface area (Å²) in [5.74, 6) is 0.103. The largest absolute Gasteiger partial charge is 0.380 e. The van der Waals surface area contributed by atoms with Crippen molar-refractivity contribution in [2.45, 2.75) is 12.5 Å². The van der Waals surface area contributed by atoms with Gasteiger partial charge in [0.15, 0.2) is 0 Å². The molecule has 1 aliphatic heterocycles. The molecule has 2 rings (SSSR count). The van der Waals surface area contributed by atoms with E-state index in [1.165, 1.54) is 0 Å². The summed E-state index contributed by atoms with van der Waals surface area (Å²) in [6.45, 7) is 3.34.